The highest BCUT2D eigenvalue weighted by atomic mass is 32.2. The van der Waals surface area contributed by atoms with Crippen molar-refractivity contribution in [2.45, 2.75) is 31.2 Å². The fraction of sp³-hybridized carbons (Fsp3) is 0.364. The summed E-state index contributed by atoms with van der Waals surface area (Å²) in [5.74, 6) is -0.485. The van der Waals surface area contributed by atoms with Gasteiger partial charge in [0.2, 0.25) is 0 Å². The van der Waals surface area contributed by atoms with Crippen molar-refractivity contribution >= 4 is 21.6 Å². The maximum Gasteiger partial charge on any atom is 0.269 e. The van der Waals surface area contributed by atoms with Crippen LogP contribution in [0.25, 0.3) is 0 Å². The van der Waals surface area contributed by atoms with E-state index >= 15 is 0 Å². The van der Waals surface area contributed by atoms with Crippen molar-refractivity contribution in [3.63, 3.8) is 0 Å². The van der Waals surface area contributed by atoms with Gasteiger partial charge in [-0.2, -0.15) is 0 Å². The summed E-state index contributed by atoms with van der Waals surface area (Å²) in [5.41, 5.74) is 5.95. The number of hydrogen-bond acceptors (Lipinski definition) is 4. The molecular formula is C11H14N2O3S. The molecule has 1 heterocycles. The molecule has 1 aliphatic rings. The smallest absolute Gasteiger partial charge is 0.269 e. The number of sulfonamides is 1. The predicted molar refractivity (Wildman–Crippen MR) is 64.0 cm³/mol. The summed E-state index contributed by atoms with van der Waals surface area (Å²) in [6, 6.07) is 4.21. The first-order valence-electron chi connectivity index (χ1n) is 5.38. The van der Waals surface area contributed by atoms with Gasteiger partial charge in [0.05, 0.1) is 11.3 Å². The number of carbonyl (C=O) groups is 1. The van der Waals surface area contributed by atoms with E-state index in [1.807, 2.05) is 6.92 Å². The van der Waals surface area contributed by atoms with Gasteiger partial charge in [0.1, 0.15) is 4.90 Å². The van der Waals surface area contributed by atoms with Crippen LogP contribution in [0.15, 0.2) is 23.1 Å². The summed E-state index contributed by atoms with van der Waals surface area (Å²) in [7, 11) is -3.78. The zero-order valence-corrected chi connectivity index (χ0v) is 10.5. The highest BCUT2D eigenvalue weighted by Gasteiger charge is 2.44. The number of anilines is 1. The van der Waals surface area contributed by atoms with Crippen LogP contribution in [0.2, 0.25) is 0 Å². The maximum absolute atomic E-state index is 12.2. The first-order chi connectivity index (χ1) is 7.91. The zero-order chi connectivity index (χ0) is 12.8. The van der Waals surface area contributed by atoms with Crippen LogP contribution in [0.3, 0.4) is 0 Å². The van der Waals surface area contributed by atoms with Crippen molar-refractivity contribution < 1.29 is 13.2 Å². The Bertz CT molecular complexity index is 580. The average molecular weight is 254 g/mol. The van der Waals surface area contributed by atoms with Crippen LogP contribution in [0.1, 0.15) is 30.6 Å². The monoisotopic (exact) mass is 254 g/mol. The highest BCUT2D eigenvalue weighted by Crippen LogP contribution is 2.36. The largest absolute Gasteiger partial charge is 0.398 e. The Labute approximate surface area is 100 Å². The van der Waals surface area contributed by atoms with E-state index in [0.29, 0.717) is 6.42 Å². The van der Waals surface area contributed by atoms with E-state index in [1.54, 1.807) is 13.0 Å². The summed E-state index contributed by atoms with van der Waals surface area (Å²) in [6.45, 7) is 3.54. The first kappa shape index (κ1) is 11.9. The normalized spacial score (nSPS) is 19.2. The zero-order valence-electron chi connectivity index (χ0n) is 9.67. The molecule has 0 radical (unpaired) electrons. The standard InChI is InChI=1S/C11H14N2O3S/c1-3-7(2)13-11(14)8-5-4-6-9(12)10(8)17(13,15)16/h4-7H,3,12H2,1-2H3. The molecule has 6 heteroatoms. The molecule has 0 saturated carbocycles. The molecule has 17 heavy (non-hydrogen) atoms. The summed E-state index contributed by atoms with van der Waals surface area (Å²) in [6.07, 6.45) is 0.568. The minimum atomic E-state index is -3.78. The van der Waals surface area contributed by atoms with Crippen LogP contribution in [0.5, 0.6) is 0 Å². The van der Waals surface area contributed by atoms with Crippen LogP contribution in [0.4, 0.5) is 5.69 Å². The number of fused-ring (bicyclic) bond motifs is 1. The van der Waals surface area contributed by atoms with Gasteiger partial charge >= 0.3 is 0 Å². The molecule has 1 unspecified atom stereocenters. The van der Waals surface area contributed by atoms with Crippen LogP contribution in [-0.2, 0) is 10.0 Å². The lowest BCUT2D eigenvalue weighted by Gasteiger charge is -2.21. The second kappa shape index (κ2) is 3.73. The van der Waals surface area contributed by atoms with Gasteiger partial charge in [0.25, 0.3) is 15.9 Å². The van der Waals surface area contributed by atoms with Gasteiger partial charge < -0.3 is 5.73 Å². The molecule has 0 bridgehead atoms. The molecule has 0 spiro atoms. The van der Waals surface area contributed by atoms with Crippen LogP contribution in [0, 0.1) is 0 Å². The van der Waals surface area contributed by atoms with Crippen molar-refractivity contribution in [2.75, 3.05) is 5.73 Å². The van der Waals surface area contributed by atoms with E-state index in [-0.39, 0.29) is 22.2 Å². The molecule has 2 rings (SSSR count). The Morgan fingerprint density at radius 2 is 2.06 bits per heavy atom. The second-order valence-electron chi connectivity index (χ2n) is 4.09. The molecule has 5 nitrogen and oxygen atoms in total. The third-order valence-corrected chi connectivity index (χ3v) is 5.00. The number of carbonyl (C=O) groups excluding carboxylic acids is 1. The van der Waals surface area contributed by atoms with Gasteiger partial charge in [-0.15, -0.1) is 0 Å². The number of hydrogen-bond donors (Lipinski definition) is 1. The van der Waals surface area contributed by atoms with Gasteiger partial charge in [-0.25, -0.2) is 12.7 Å². The van der Waals surface area contributed by atoms with Crippen molar-refractivity contribution in [3.8, 4) is 0 Å². The van der Waals surface area contributed by atoms with Gasteiger partial charge in [-0.3, -0.25) is 4.79 Å². The minimum absolute atomic E-state index is 0.0506. The predicted octanol–water partition coefficient (Wildman–Crippen LogP) is 1.21. The quantitative estimate of drug-likeness (QED) is 0.804. The van der Waals surface area contributed by atoms with Gasteiger partial charge in [0, 0.05) is 6.04 Å². The SMILES string of the molecule is CCC(C)N1C(=O)c2cccc(N)c2S1(=O)=O. The Morgan fingerprint density at radius 3 is 2.59 bits per heavy atom. The number of nitrogens with two attached hydrogens (primary N) is 1. The Kier molecular flexibility index (Phi) is 2.61. The van der Waals surface area contributed by atoms with Gasteiger partial charge in [0.15, 0.2) is 0 Å². The topological polar surface area (TPSA) is 80.5 Å². The van der Waals surface area contributed by atoms with Crippen LogP contribution >= 0.6 is 0 Å². The van der Waals surface area contributed by atoms with E-state index in [4.69, 9.17) is 5.73 Å². The molecule has 0 fully saturated rings. The Morgan fingerprint density at radius 1 is 1.41 bits per heavy atom. The molecule has 1 aromatic carbocycles. The molecule has 1 amide bonds. The van der Waals surface area contributed by atoms with Crippen molar-refractivity contribution in [1.82, 2.24) is 4.31 Å². The second-order valence-corrected chi connectivity index (χ2v) is 5.84. The summed E-state index contributed by atoms with van der Waals surface area (Å²) < 4.78 is 25.4. The third kappa shape index (κ3) is 1.51. The molecule has 0 aliphatic carbocycles. The van der Waals surface area contributed by atoms with Crippen molar-refractivity contribution in [2.24, 2.45) is 0 Å². The van der Waals surface area contributed by atoms with E-state index in [2.05, 4.69) is 0 Å². The van der Waals surface area contributed by atoms with E-state index in [0.717, 1.165) is 4.31 Å². The molecule has 1 aromatic rings. The van der Waals surface area contributed by atoms with E-state index in [1.165, 1.54) is 12.1 Å². The lowest BCUT2D eigenvalue weighted by Crippen LogP contribution is -2.37. The summed E-state index contributed by atoms with van der Waals surface area (Å²) in [4.78, 5) is 12.0. The van der Waals surface area contributed by atoms with E-state index < -0.39 is 15.9 Å². The average Bonchev–Trinajstić information content (AvgIpc) is 2.47. The van der Waals surface area contributed by atoms with Gasteiger partial charge in [-0.1, -0.05) is 13.0 Å². The Hall–Kier alpha value is -1.56. The summed E-state index contributed by atoms with van der Waals surface area (Å²) in [5, 5.41) is 0. The highest BCUT2D eigenvalue weighted by molar-refractivity contribution is 7.90. The number of benzene rings is 1. The fourth-order valence-electron chi connectivity index (χ4n) is 1.94. The van der Waals surface area contributed by atoms with E-state index in [9.17, 15) is 13.2 Å². The molecule has 1 atom stereocenters. The molecule has 0 saturated heterocycles. The van der Waals surface area contributed by atoms with Crippen LogP contribution in [-0.4, -0.2) is 24.7 Å². The van der Waals surface area contributed by atoms with Crippen molar-refractivity contribution in [1.29, 1.82) is 0 Å². The Balaban J connectivity index is 2.70. The minimum Gasteiger partial charge on any atom is -0.398 e. The number of nitrogens with zero attached hydrogens (tertiary/aromatic N) is 1. The third-order valence-electron chi connectivity index (χ3n) is 2.98. The number of nitrogen functional groups attached to an aromatic ring is 1. The number of amides is 1. The molecular weight excluding hydrogens is 240 g/mol. The lowest BCUT2D eigenvalue weighted by atomic mass is 10.1. The molecule has 0 aromatic heterocycles. The maximum atomic E-state index is 12.2. The molecule has 92 valence electrons. The van der Waals surface area contributed by atoms with Gasteiger partial charge in [-0.05, 0) is 25.5 Å². The fourth-order valence-corrected chi connectivity index (χ4v) is 3.88. The number of rotatable bonds is 2. The van der Waals surface area contributed by atoms with Crippen molar-refractivity contribution in [3.05, 3.63) is 23.8 Å². The molecule has 2 N–H and O–H groups in total. The summed E-state index contributed by atoms with van der Waals surface area (Å²) >= 11 is 0. The molecule has 1 aliphatic heterocycles. The first-order valence-corrected chi connectivity index (χ1v) is 6.82. The lowest BCUT2D eigenvalue weighted by molar-refractivity contribution is 0.0837. The van der Waals surface area contributed by atoms with Crippen LogP contribution < -0.4 is 5.73 Å².